The summed E-state index contributed by atoms with van der Waals surface area (Å²) in [6, 6.07) is 12.2. The van der Waals surface area contributed by atoms with Gasteiger partial charge in [0.2, 0.25) is 5.95 Å². The second-order valence-corrected chi connectivity index (χ2v) is 6.55. The molecule has 2 N–H and O–H groups in total. The lowest BCUT2D eigenvalue weighted by molar-refractivity contribution is -0.914. The minimum Gasteiger partial charge on any atom is -0.331 e. The molecule has 0 bridgehead atoms. The van der Waals surface area contributed by atoms with E-state index >= 15 is 0 Å². The van der Waals surface area contributed by atoms with E-state index in [-0.39, 0.29) is 11.5 Å². The standard InChI is InChI=1S/C18H24N4O/c1-14(2)16-12-17(23)20-18(19-16)22-10-8-21(9-11-22)13-15-6-4-3-5-7-15/h3-7,12,14H,8-11,13H2,1-2H3,(H,19,20,23)/p+1. The number of nitrogens with one attached hydrogen (secondary N) is 2. The largest absolute Gasteiger partial charge is 0.331 e. The first kappa shape index (κ1) is 15.7. The number of anilines is 1. The first-order valence-corrected chi connectivity index (χ1v) is 8.35. The molecule has 5 heteroatoms. The van der Waals surface area contributed by atoms with Crippen LogP contribution in [0.1, 0.15) is 31.0 Å². The monoisotopic (exact) mass is 313 g/mol. The van der Waals surface area contributed by atoms with Crippen molar-refractivity contribution in [1.82, 2.24) is 9.97 Å². The lowest BCUT2D eigenvalue weighted by Crippen LogP contribution is -3.13. The molecule has 0 radical (unpaired) electrons. The van der Waals surface area contributed by atoms with Crippen LogP contribution in [0.3, 0.4) is 0 Å². The number of H-pyrrole nitrogens is 1. The highest BCUT2D eigenvalue weighted by atomic mass is 16.1. The van der Waals surface area contributed by atoms with Gasteiger partial charge in [0.1, 0.15) is 6.54 Å². The van der Waals surface area contributed by atoms with Gasteiger partial charge >= 0.3 is 0 Å². The van der Waals surface area contributed by atoms with Gasteiger partial charge in [-0.2, -0.15) is 0 Å². The molecule has 1 saturated heterocycles. The third-order valence-corrected chi connectivity index (χ3v) is 4.41. The molecule has 0 amide bonds. The number of benzene rings is 1. The first-order valence-electron chi connectivity index (χ1n) is 8.35. The summed E-state index contributed by atoms with van der Waals surface area (Å²) in [7, 11) is 0. The fourth-order valence-electron chi connectivity index (χ4n) is 3.00. The highest BCUT2D eigenvalue weighted by Crippen LogP contribution is 2.12. The van der Waals surface area contributed by atoms with Crippen molar-refractivity contribution in [2.75, 3.05) is 31.1 Å². The predicted molar refractivity (Wildman–Crippen MR) is 92.0 cm³/mol. The zero-order valence-electron chi connectivity index (χ0n) is 13.9. The van der Waals surface area contributed by atoms with Crippen LogP contribution in [0, 0.1) is 0 Å². The summed E-state index contributed by atoms with van der Waals surface area (Å²) in [5.41, 5.74) is 2.19. The molecule has 3 rings (SSSR count). The van der Waals surface area contributed by atoms with E-state index < -0.39 is 0 Å². The summed E-state index contributed by atoms with van der Waals surface area (Å²) < 4.78 is 0. The number of nitrogens with zero attached hydrogens (tertiary/aromatic N) is 2. The first-order chi connectivity index (χ1) is 11.1. The Morgan fingerprint density at radius 3 is 2.57 bits per heavy atom. The smallest absolute Gasteiger partial charge is 0.252 e. The van der Waals surface area contributed by atoms with E-state index in [9.17, 15) is 4.79 Å². The van der Waals surface area contributed by atoms with Crippen LogP contribution < -0.4 is 15.4 Å². The molecule has 0 saturated carbocycles. The number of piperazine rings is 1. The molecule has 2 heterocycles. The van der Waals surface area contributed by atoms with Crippen LogP contribution in [0.15, 0.2) is 41.2 Å². The molecule has 1 aromatic carbocycles. The minimum atomic E-state index is -0.0576. The fraction of sp³-hybridized carbons (Fsp3) is 0.444. The molecule has 0 atom stereocenters. The molecule has 1 aromatic heterocycles. The van der Waals surface area contributed by atoms with Crippen molar-refractivity contribution in [2.45, 2.75) is 26.3 Å². The van der Waals surface area contributed by atoms with E-state index in [4.69, 9.17) is 0 Å². The van der Waals surface area contributed by atoms with Crippen molar-refractivity contribution in [1.29, 1.82) is 0 Å². The van der Waals surface area contributed by atoms with Crippen LogP contribution in [0.4, 0.5) is 5.95 Å². The van der Waals surface area contributed by atoms with Crippen LogP contribution in [-0.4, -0.2) is 36.1 Å². The van der Waals surface area contributed by atoms with E-state index in [2.05, 4.69) is 59.0 Å². The molecule has 0 aliphatic carbocycles. The molecule has 5 nitrogen and oxygen atoms in total. The quantitative estimate of drug-likeness (QED) is 0.878. The predicted octanol–water partition coefficient (Wildman–Crippen LogP) is 0.798. The van der Waals surface area contributed by atoms with E-state index in [0.29, 0.717) is 0 Å². The number of quaternary nitrogens is 1. The molecule has 1 aliphatic rings. The van der Waals surface area contributed by atoms with Crippen LogP contribution in [-0.2, 0) is 6.54 Å². The Hall–Kier alpha value is -2.14. The third kappa shape index (κ3) is 3.99. The van der Waals surface area contributed by atoms with Gasteiger partial charge in [-0.3, -0.25) is 9.78 Å². The van der Waals surface area contributed by atoms with Gasteiger partial charge in [0, 0.05) is 11.6 Å². The van der Waals surface area contributed by atoms with Gasteiger partial charge in [-0.05, 0) is 5.92 Å². The minimum absolute atomic E-state index is 0.0576. The molecule has 2 aromatic rings. The highest BCUT2D eigenvalue weighted by molar-refractivity contribution is 5.31. The summed E-state index contributed by atoms with van der Waals surface area (Å²) in [6.45, 7) is 9.15. The Bertz CT molecular complexity index is 688. The van der Waals surface area contributed by atoms with Gasteiger partial charge in [-0.25, -0.2) is 4.98 Å². The average Bonchev–Trinajstić information content (AvgIpc) is 2.56. The maximum atomic E-state index is 11.8. The number of rotatable bonds is 4. The van der Waals surface area contributed by atoms with Crippen molar-refractivity contribution >= 4 is 5.95 Å². The van der Waals surface area contributed by atoms with E-state index in [1.165, 1.54) is 5.56 Å². The summed E-state index contributed by atoms with van der Waals surface area (Å²) in [5.74, 6) is 0.987. The van der Waals surface area contributed by atoms with Gasteiger partial charge < -0.3 is 9.80 Å². The molecule has 23 heavy (non-hydrogen) atoms. The van der Waals surface area contributed by atoms with E-state index in [0.717, 1.165) is 44.4 Å². The van der Waals surface area contributed by atoms with Crippen molar-refractivity contribution in [3.8, 4) is 0 Å². The number of hydrogen-bond donors (Lipinski definition) is 2. The van der Waals surface area contributed by atoms with Crippen LogP contribution in [0.25, 0.3) is 0 Å². The Balaban J connectivity index is 1.64. The Kier molecular flexibility index (Phi) is 4.76. The van der Waals surface area contributed by atoms with Crippen molar-refractivity contribution in [3.05, 3.63) is 58.0 Å². The van der Waals surface area contributed by atoms with Gasteiger partial charge in [-0.15, -0.1) is 0 Å². The van der Waals surface area contributed by atoms with Crippen LogP contribution in [0.5, 0.6) is 0 Å². The summed E-state index contributed by atoms with van der Waals surface area (Å²) >= 11 is 0. The number of hydrogen-bond acceptors (Lipinski definition) is 3. The van der Waals surface area contributed by atoms with Gasteiger partial charge in [0.15, 0.2) is 0 Å². The zero-order chi connectivity index (χ0) is 16.2. The second-order valence-electron chi connectivity index (χ2n) is 6.55. The van der Waals surface area contributed by atoms with Gasteiger partial charge in [-0.1, -0.05) is 44.2 Å². The maximum Gasteiger partial charge on any atom is 0.252 e. The number of aromatic amines is 1. The Morgan fingerprint density at radius 2 is 1.91 bits per heavy atom. The summed E-state index contributed by atoms with van der Waals surface area (Å²) in [6.07, 6.45) is 0. The maximum absolute atomic E-state index is 11.8. The van der Waals surface area contributed by atoms with Crippen molar-refractivity contribution in [3.63, 3.8) is 0 Å². The van der Waals surface area contributed by atoms with Crippen molar-refractivity contribution in [2.24, 2.45) is 0 Å². The molecule has 0 spiro atoms. The molecule has 1 fully saturated rings. The van der Waals surface area contributed by atoms with Crippen LogP contribution in [0.2, 0.25) is 0 Å². The fourth-order valence-corrected chi connectivity index (χ4v) is 3.00. The Morgan fingerprint density at radius 1 is 1.22 bits per heavy atom. The van der Waals surface area contributed by atoms with Gasteiger partial charge in [0.25, 0.3) is 5.56 Å². The topological polar surface area (TPSA) is 53.4 Å². The third-order valence-electron chi connectivity index (χ3n) is 4.41. The molecule has 0 unspecified atom stereocenters. The number of aromatic nitrogens is 2. The molecule has 1 aliphatic heterocycles. The van der Waals surface area contributed by atoms with E-state index in [1.54, 1.807) is 11.0 Å². The van der Waals surface area contributed by atoms with E-state index in [1.807, 2.05) is 0 Å². The van der Waals surface area contributed by atoms with Crippen molar-refractivity contribution < 1.29 is 4.90 Å². The molecule has 122 valence electrons. The lowest BCUT2D eigenvalue weighted by atomic mass is 10.1. The highest BCUT2D eigenvalue weighted by Gasteiger charge is 2.22. The van der Waals surface area contributed by atoms with Crippen LogP contribution >= 0.6 is 0 Å². The SMILES string of the molecule is CC(C)c1cc(=O)[nH]c(N2CC[NH+](Cc3ccccc3)CC2)n1. The zero-order valence-corrected chi connectivity index (χ0v) is 13.9. The molecular formula is C18H25N4O+. The second kappa shape index (κ2) is 6.96. The van der Waals surface area contributed by atoms with Gasteiger partial charge in [0.05, 0.1) is 31.9 Å². The molecular weight excluding hydrogens is 288 g/mol. The Labute approximate surface area is 137 Å². The summed E-state index contributed by atoms with van der Waals surface area (Å²) in [4.78, 5) is 23.1. The average molecular weight is 313 g/mol. The normalized spacial score (nSPS) is 16.0. The summed E-state index contributed by atoms with van der Waals surface area (Å²) in [5, 5.41) is 0. The lowest BCUT2D eigenvalue weighted by Gasteiger charge is -2.32.